The second kappa shape index (κ2) is 20.5. The van der Waals surface area contributed by atoms with E-state index in [4.69, 9.17) is 14.2 Å². The minimum Gasteiger partial charge on any atom is -0.481 e. The van der Waals surface area contributed by atoms with Crippen molar-refractivity contribution in [2.24, 2.45) is 0 Å². The number of amides is 2. The molecule has 0 spiro atoms. The Morgan fingerprint density at radius 1 is 0.627 bits per heavy atom. The summed E-state index contributed by atoms with van der Waals surface area (Å²) >= 11 is 0. The highest BCUT2D eigenvalue weighted by atomic mass is 16.5. The van der Waals surface area contributed by atoms with Crippen LogP contribution >= 0.6 is 0 Å². The molecule has 0 aliphatic heterocycles. The molecule has 0 aliphatic rings. The molecule has 0 unspecified atom stereocenters. The van der Waals surface area contributed by atoms with Crippen LogP contribution in [-0.2, 0) is 9.59 Å². The van der Waals surface area contributed by atoms with Crippen LogP contribution in [0.2, 0.25) is 0 Å². The summed E-state index contributed by atoms with van der Waals surface area (Å²) in [7, 11) is 2.87. The summed E-state index contributed by atoms with van der Waals surface area (Å²) in [6, 6.07) is 31.0. The van der Waals surface area contributed by atoms with Gasteiger partial charge in [0.2, 0.25) is 11.8 Å². The van der Waals surface area contributed by atoms with Gasteiger partial charge in [0.05, 0.1) is 45.2 Å². The number of aryl methyl sites for hydroxylation is 2. The molecule has 2 atom stereocenters. The molecule has 3 aromatic heterocycles. The van der Waals surface area contributed by atoms with Gasteiger partial charge in [-0.15, -0.1) is 0 Å². The molecule has 3 heterocycles. The molecule has 15 heteroatoms. The van der Waals surface area contributed by atoms with E-state index in [1.54, 1.807) is 30.5 Å². The van der Waals surface area contributed by atoms with Crippen molar-refractivity contribution in [2.75, 3.05) is 14.2 Å². The molecule has 15 nitrogen and oxygen atoms in total. The van der Waals surface area contributed by atoms with Gasteiger partial charge < -0.3 is 35.1 Å². The van der Waals surface area contributed by atoms with Gasteiger partial charge in [-0.25, -0.2) is 4.98 Å². The lowest BCUT2D eigenvalue weighted by atomic mass is 9.98. The summed E-state index contributed by atoms with van der Waals surface area (Å²) < 4.78 is 15.9. The summed E-state index contributed by atoms with van der Waals surface area (Å²) in [5, 5.41) is 24.1. The van der Waals surface area contributed by atoms with E-state index < -0.39 is 35.8 Å². The molecule has 0 saturated heterocycles. The van der Waals surface area contributed by atoms with Gasteiger partial charge in [-0.2, -0.15) is 9.97 Å². The number of nitrogens with zero attached hydrogens (tertiary/aromatic N) is 4. The number of rotatable bonds is 15. The first-order valence-corrected chi connectivity index (χ1v) is 18.2. The third-order valence-electron chi connectivity index (χ3n) is 8.86. The second-order valence-electron chi connectivity index (χ2n) is 12.9. The molecule has 4 N–H and O–H groups in total. The van der Waals surface area contributed by atoms with Crippen molar-refractivity contribution in [3.8, 4) is 34.6 Å². The maximum absolute atomic E-state index is 13.0. The minimum absolute atomic E-state index is 0.0538. The maximum atomic E-state index is 13.0. The fraction of sp³-hybridized carbons (Fsp3) is 0.182. The van der Waals surface area contributed by atoms with Crippen molar-refractivity contribution >= 4 is 23.8 Å². The first-order chi connectivity index (χ1) is 28.4. The largest absolute Gasteiger partial charge is 0.481 e. The van der Waals surface area contributed by atoms with Gasteiger partial charge in [0, 0.05) is 18.0 Å². The average Bonchev–Trinajstić information content (AvgIpc) is 3.24. The zero-order chi connectivity index (χ0) is 42.3. The number of aromatic nitrogens is 4. The van der Waals surface area contributed by atoms with Gasteiger partial charge in [-0.3, -0.25) is 24.2 Å². The highest BCUT2D eigenvalue weighted by Gasteiger charge is 2.24. The molecule has 0 saturated carbocycles. The van der Waals surface area contributed by atoms with E-state index in [9.17, 15) is 29.4 Å². The number of methoxy groups -OCH3 is 2. The Kier molecular flexibility index (Phi) is 14.7. The summed E-state index contributed by atoms with van der Waals surface area (Å²) in [5.74, 6) is -2.53. The predicted molar refractivity (Wildman–Crippen MR) is 216 cm³/mol. The standard InChI is InChI=1S/C22H22N4O6.C22H20N2O3/c1-13-7-4-5-8-14(13)15(11-19(27)28)24-21(29)20-16(9-6-10-23-20)32-22-25-17(30-2)12-18(26-22)31-3;1-15-7-5-6-10-18(15)20(13-21(25)26)24-22(27)19-12-11-17(14-23-19)16-8-3-2-4-9-16/h4-10,12,15H,11H2,1-3H3,(H,24,29)(H,27,28);2-12,14,20H,13H2,1H3,(H,24,27)(H,25,26)/t15-;20-/m00/s1. The third-order valence-corrected chi connectivity index (χ3v) is 8.86. The van der Waals surface area contributed by atoms with E-state index in [0.717, 1.165) is 27.8 Å². The lowest BCUT2D eigenvalue weighted by Gasteiger charge is -2.20. The van der Waals surface area contributed by atoms with Crippen LogP contribution in [-0.4, -0.2) is 68.1 Å². The number of carboxylic acid groups (broad SMARTS) is 2. The molecule has 302 valence electrons. The number of carboxylic acids is 2. The lowest BCUT2D eigenvalue weighted by Crippen LogP contribution is -2.31. The number of carbonyl (C=O) groups excluding carboxylic acids is 2. The zero-order valence-corrected chi connectivity index (χ0v) is 32.7. The first kappa shape index (κ1) is 42.5. The van der Waals surface area contributed by atoms with E-state index in [0.29, 0.717) is 5.56 Å². The van der Waals surface area contributed by atoms with E-state index in [1.807, 2.05) is 86.6 Å². The number of hydrogen-bond donors (Lipinski definition) is 4. The van der Waals surface area contributed by atoms with Crippen molar-refractivity contribution in [2.45, 2.75) is 38.8 Å². The number of benzene rings is 3. The van der Waals surface area contributed by atoms with Gasteiger partial charge in [0.1, 0.15) is 5.69 Å². The Morgan fingerprint density at radius 3 is 1.68 bits per heavy atom. The van der Waals surface area contributed by atoms with Crippen molar-refractivity contribution in [1.82, 2.24) is 30.6 Å². The topological polar surface area (TPSA) is 212 Å². The van der Waals surface area contributed by atoms with E-state index in [2.05, 4.69) is 30.6 Å². The van der Waals surface area contributed by atoms with Crippen LogP contribution in [0, 0.1) is 13.8 Å². The first-order valence-electron chi connectivity index (χ1n) is 18.2. The van der Waals surface area contributed by atoms with Crippen molar-refractivity contribution in [1.29, 1.82) is 0 Å². The summed E-state index contributed by atoms with van der Waals surface area (Å²) in [6.45, 7) is 3.74. The number of pyridine rings is 2. The molecule has 0 fully saturated rings. The zero-order valence-electron chi connectivity index (χ0n) is 32.7. The Labute approximate surface area is 340 Å². The van der Waals surface area contributed by atoms with Gasteiger partial charge >= 0.3 is 17.9 Å². The molecular weight excluding hydrogens is 757 g/mol. The van der Waals surface area contributed by atoms with Crippen LogP contribution in [0.4, 0.5) is 0 Å². The van der Waals surface area contributed by atoms with Gasteiger partial charge in [0.15, 0.2) is 11.4 Å². The second-order valence-corrected chi connectivity index (χ2v) is 12.9. The van der Waals surface area contributed by atoms with Crippen LogP contribution in [0.1, 0.15) is 68.2 Å². The molecule has 3 aromatic carbocycles. The smallest absolute Gasteiger partial charge is 0.328 e. The Balaban J connectivity index is 0.000000227. The highest BCUT2D eigenvalue weighted by Crippen LogP contribution is 2.28. The molecular formula is C44H42N6O9. The number of hydrogen-bond acceptors (Lipinski definition) is 11. The molecule has 0 bridgehead atoms. The maximum Gasteiger partial charge on any atom is 0.328 e. The normalized spacial score (nSPS) is 11.5. The lowest BCUT2D eigenvalue weighted by molar-refractivity contribution is -0.138. The van der Waals surface area contributed by atoms with E-state index >= 15 is 0 Å². The Hall–Kier alpha value is -7.68. The number of nitrogens with one attached hydrogen (secondary N) is 2. The van der Waals surface area contributed by atoms with E-state index in [1.165, 1.54) is 32.5 Å². The van der Waals surface area contributed by atoms with Crippen molar-refractivity contribution < 1.29 is 43.6 Å². The number of aliphatic carboxylic acids is 2. The van der Waals surface area contributed by atoms with E-state index in [-0.39, 0.29) is 47.7 Å². The van der Waals surface area contributed by atoms with Crippen LogP contribution in [0.3, 0.4) is 0 Å². The summed E-state index contributed by atoms with van der Waals surface area (Å²) in [5.41, 5.74) is 5.39. The highest BCUT2D eigenvalue weighted by molar-refractivity contribution is 5.95. The number of carbonyl (C=O) groups is 4. The van der Waals surface area contributed by atoms with Gasteiger partial charge in [0.25, 0.3) is 11.8 Å². The molecule has 6 rings (SSSR count). The molecule has 0 aliphatic carbocycles. The molecule has 59 heavy (non-hydrogen) atoms. The number of ether oxygens (including phenoxy) is 3. The van der Waals surface area contributed by atoms with Crippen LogP contribution in [0.5, 0.6) is 23.5 Å². The summed E-state index contributed by atoms with van der Waals surface area (Å²) in [6.07, 6.45) is 2.58. The van der Waals surface area contributed by atoms with Crippen molar-refractivity contribution in [3.05, 3.63) is 155 Å². The SMILES string of the molecule is COc1cc(OC)nc(Oc2cccnc2C(=O)N[C@@H](CC(=O)O)c2ccccc2C)n1.Cc1ccccc1[C@H](CC(=O)O)NC(=O)c1ccc(-c2ccccc2)cn1. The Bertz CT molecular complexity index is 2370. The third kappa shape index (κ3) is 11.9. The van der Waals surface area contributed by atoms with Crippen LogP contribution in [0.15, 0.2) is 122 Å². The molecule has 2 amide bonds. The quantitative estimate of drug-likeness (QED) is 0.0830. The average molecular weight is 799 g/mol. The van der Waals surface area contributed by atoms with Gasteiger partial charge in [-0.1, -0.05) is 84.9 Å². The van der Waals surface area contributed by atoms with Crippen molar-refractivity contribution in [3.63, 3.8) is 0 Å². The monoisotopic (exact) mass is 798 g/mol. The Morgan fingerprint density at radius 2 is 1.17 bits per heavy atom. The van der Waals surface area contributed by atoms with Crippen LogP contribution < -0.4 is 24.8 Å². The molecule has 6 aromatic rings. The predicted octanol–water partition coefficient (Wildman–Crippen LogP) is 6.94. The summed E-state index contributed by atoms with van der Waals surface area (Å²) in [4.78, 5) is 64.8. The fourth-order valence-corrected chi connectivity index (χ4v) is 5.95. The fourth-order valence-electron chi connectivity index (χ4n) is 5.95. The van der Waals surface area contributed by atoms with Gasteiger partial charge in [-0.05, 0) is 59.9 Å². The minimum atomic E-state index is -1.05. The molecule has 0 radical (unpaired) electrons. The van der Waals surface area contributed by atoms with Crippen LogP contribution in [0.25, 0.3) is 11.1 Å².